The van der Waals surface area contributed by atoms with Crippen molar-refractivity contribution in [1.29, 1.82) is 0 Å². The van der Waals surface area contributed by atoms with Crippen molar-refractivity contribution in [3.63, 3.8) is 0 Å². The number of rotatable bonds is 2. The van der Waals surface area contributed by atoms with E-state index in [1.165, 1.54) is 0 Å². The van der Waals surface area contributed by atoms with E-state index < -0.39 is 0 Å². The zero-order valence-corrected chi connectivity index (χ0v) is 9.34. The van der Waals surface area contributed by atoms with E-state index in [4.69, 9.17) is 0 Å². The second-order valence-corrected chi connectivity index (χ2v) is 4.38. The predicted octanol–water partition coefficient (Wildman–Crippen LogP) is -0.184. The Kier molecular flexibility index (Phi) is 2.71. The molecule has 0 amide bonds. The zero-order valence-electron chi connectivity index (χ0n) is 9.34. The lowest BCUT2D eigenvalue weighted by molar-refractivity contribution is 0.137. The average molecular weight is 221 g/mol. The maximum atomic E-state index is 4.29. The summed E-state index contributed by atoms with van der Waals surface area (Å²) in [4.78, 5) is 13.4. The van der Waals surface area contributed by atoms with Crippen LogP contribution in [0.2, 0.25) is 0 Å². The molecule has 0 bridgehead atoms. The molecular weight excluding hydrogens is 202 g/mol. The van der Waals surface area contributed by atoms with Crippen molar-refractivity contribution in [2.45, 2.75) is 6.04 Å². The van der Waals surface area contributed by atoms with E-state index in [9.17, 15) is 0 Å². The van der Waals surface area contributed by atoms with Crippen LogP contribution in [0.1, 0.15) is 1.43 Å². The van der Waals surface area contributed by atoms with Crippen LogP contribution in [0, 0.1) is 0 Å². The molecule has 2 aliphatic heterocycles. The fourth-order valence-electron chi connectivity index (χ4n) is 2.27. The third-order valence-corrected chi connectivity index (χ3v) is 3.43. The summed E-state index contributed by atoms with van der Waals surface area (Å²) in [5.41, 5.74) is 0. The summed E-state index contributed by atoms with van der Waals surface area (Å²) in [5, 5.41) is 3.32. The van der Waals surface area contributed by atoms with Gasteiger partial charge in [-0.15, -0.1) is 0 Å². The molecule has 2 fully saturated rings. The molecule has 0 aliphatic carbocycles. The van der Waals surface area contributed by atoms with Gasteiger partial charge in [-0.2, -0.15) is 0 Å². The Labute approximate surface area is 97.0 Å². The van der Waals surface area contributed by atoms with Crippen molar-refractivity contribution in [3.05, 3.63) is 18.5 Å². The van der Waals surface area contributed by atoms with Gasteiger partial charge in [0, 0.05) is 59.1 Å². The molecule has 2 aliphatic rings. The quantitative estimate of drug-likeness (QED) is 0.750. The molecule has 3 rings (SSSR count). The van der Waals surface area contributed by atoms with Crippen LogP contribution in [0.15, 0.2) is 18.5 Å². The largest absolute Gasteiger partial charge is 0.338 e. The first-order valence-electron chi connectivity index (χ1n) is 5.90. The zero-order chi connectivity index (χ0) is 10.8. The van der Waals surface area contributed by atoms with Crippen LogP contribution in [0.4, 0.5) is 5.95 Å². The molecule has 1 N–H and O–H groups in total. The average Bonchev–Trinajstić information content (AvgIpc) is 2.29. The standard InChI is InChI=1S/C11H17N5.H2/c1-2-13-11(14-3-1)16-6-4-15(5-7-16)10-8-12-9-10;/h1-3,10,12H,4-9H2;1H. The Morgan fingerprint density at radius 1 is 1.12 bits per heavy atom. The minimum Gasteiger partial charge on any atom is -0.338 e. The lowest BCUT2D eigenvalue weighted by Gasteiger charge is -2.43. The molecule has 0 unspecified atom stereocenters. The Hall–Kier alpha value is -1.20. The Morgan fingerprint density at radius 3 is 2.38 bits per heavy atom. The van der Waals surface area contributed by atoms with Crippen LogP contribution in [0.3, 0.4) is 0 Å². The van der Waals surface area contributed by atoms with Crippen LogP contribution in [-0.2, 0) is 0 Å². The van der Waals surface area contributed by atoms with E-state index in [1.807, 2.05) is 18.5 Å². The predicted molar refractivity (Wildman–Crippen MR) is 64.6 cm³/mol. The van der Waals surface area contributed by atoms with Crippen molar-refractivity contribution < 1.29 is 1.43 Å². The first kappa shape index (κ1) is 9.99. The minimum absolute atomic E-state index is 0. The normalized spacial score (nSPS) is 23.1. The van der Waals surface area contributed by atoms with E-state index in [0.29, 0.717) is 0 Å². The van der Waals surface area contributed by atoms with Crippen molar-refractivity contribution in [2.24, 2.45) is 0 Å². The summed E-state index contributed by atoms with van der Waals surface area (Å²) < 4.78 is 0. The smallest absolute Gasteiger partial charge is 0.225 e. The molecule has 5 heteroatoms. The van der Waals surface area contributed by atoms with Crippen molar-refractivity contribution in [3.8, 4) is 0 Å². The second-order valence-electron chi connectivity index (χ2n) is 4.38. The van der Waals surface area contributed by atoms with Crippen LogP contribution in [0.25, 0.3) is 0 Å². The highest BCUT2D eigenvalue weighted by Gasteiger charge is 2.28. The number of anilines is 1. The van der Waals surface area contributed by atoms with Crippen molar-refractivity contribution >= 4 is 5.95 Å². The summed E-state index contributed by atoms with van der Waals surface area (Å²) >= 11 is 0. The van der Waals surface area contributed by atoms with Gasteiger partial charge < -0.3 is 10.2 Å². The van der Waals surface area contributed by atoms with Gasteiger partial charge in [-0.05, 0) is 6.07 Å². The number of hydrogen-bond donors (Lipinski definition) is 1. The fraction of sp³-hybridized carbons (Fsp3) is 0.636. The van der Waals surface area contributed by atoms with Crippen molar-refractivity contribution in [2.75, 3.05) is 44.2 Å². The number of aromatic nitrogens is 2. The van der Waals surface area contributed by atoms with Gasteiger partial charge in [0.1, 0.15) is 0 Å². The van der Waals surface area contributed by atoms with E-state index in [-0.39, 0.29) is 1.43 Å². The molecule has 16 heavy (non-hydrogen) atoms. The van der Waals surface area contributed by atoms with Gasteiger partial charge in [-0.1, -0.05) is 0 Å². The lowest BCUT2D eigenvalue weighted by atomic mass is 10.1. The fourth-order valence-corrected chi connectivity index (χ4v) is 2.27. The number of nitrogens with zero attached hydrogens (tertiary/aromatic N) is 4. The van der Waals surface area contributed by atoms with Crippen LogP contribution in [-0.4, -0.2) is 60.2 Å². The molecule has 0 aromatic carbocycles. The summed E-state index contributed by atoms with van der Waals surface area (Å²) in [6.45, 7) is 6.65. The topological polar surface area (TPSA) is 44.3 Å². The Balaban J connectivity index is 0.00000108. The first-order valence-corrected chi connectivity index (χ1v) is 5.90. The molecule has 0 radical (unpaired) electrons. The lowest BCUT2D eigenvalue weighted by Crippen LogP contribution is -2.61. The van der Waals surface area contributed by atoms with Gasteiger partial charge in [-0.25, -0.2) is 9.97 Å². The number of piperazine rings is 1. The van der Waals surface area contributed by atoms with Gasteiger partial charge >= 0.3 is 0 Å². The van der Waals surface area contributed by atoms with E-state index in [1.54, 1.807) is 0 Å². The van der Waals surface area contributed by atoms with Gasteiger partial charge in [0.15, 0.2) is 0 Å². The molecule has 3 heterocycles. The van der Waals surface area contributed by atoms with Gasteiger partial charge in [0.2, 0.25) is 5.95 Å². The van der Waals surface area contributed by atoms with Gasteiger partial charge in [0.05, 0.1) is 0 Å². The van der Waals surface area contributed by atoms with E-state index in [0.717, 1.165) is 51.3 Å². The molecule has 5 nitrogen and oxygen atoms in total. The summed E-state index contributed by atoms with van der Waals surface area (Å²) in [5.74, 6) is 0.869. The van der Waals surface area contributed by atoms with Crippen LogP contribution in [0.5, 0.6) is 0 Å². The summed E-state index contributed by atoms with van der Waals surface area (Å²) in [7, 11) is 0. The third kappa shape index (κ3) is 1.88. The maximum absolute atomic E-state index is 4.29. The number of nitrogens with one attached hydrogen (secondary N) is 1. The highest BCUT2D eigenvalue weighted by molar-refractivity contribution is 5.29. The SMILES string of the molecule is [HH].c1cnc(N2CCN(C3CNC3)CC2)nc1. The highest BCUT2D eigenvalue weighted by atomic mass is 15.3. The Morgan fingerprint density at radius 2 is 1.81 bits per heavy atom. The third-order valence-electron chi connectivity index (χ3n) is 3.43. The molecule has 0 spiro atoms. The molecule has 0 saturated carbocycles. The molecule has 1 aromatic rings. The molecule has 1 aromatic heterocycles. The monoisotopic (exact) mass is 221 g/mol. The molecular formula is C11H19N5. The van der Waals surface area contributed by atoms with Gasteiger partial charge in [0.25, 0.3) is 0 Å². The minimum atomic E-state index is 0. The van der Waals surface area contributed by atoms with Crippen LogP contribution < -0.4 is 10.2 Å². The molecule has 2 saturated heterocycles. The maximum Gasteiger partial charge on any atom is 0.225 e. The summed E-state index contributed by atoms with van der Waals surface area (Å²) in [6, 6.07) is 2.62. The second kappa shape index (κ2) is 4.35. The van der Waals surface area contributed by atoms with Gasteiger partial charge in [-0.3, -0.25) is 4.90 Å². The Bertz CT molecular complexity index is 335. The van der Waals surface area contributed by atoms with E-state index >= 15 is 0 Å². The summed E-state index contributed by atoms with van der Waals surface area (Å²) in [6.07, 6.45) is 3.62. The highest BCUT2D eigenvalue weighted by Crippen LogP contribution is 2.13. The first-order chi connectivity index (χ1) is 7.93. The molecule has 88 valence electrons. The van der Waals surface area contributed by atoms with Crippen LogP contribution >= 0.6 is 0 Å². The van der Waals surface area contributed by atoms with E-state index in [2.05, 4.69) is 25.1 Å². The number of hydrogen-bond acceptors (Lipinski definition) is 5. The van der Waals surface area contributed by atoms with Crippen molar-refractivity contribution in [1.82, 2.24) is 20.2 Å². The molecule has 0 atom stereocenters.